The standard InChI is InChI=1S/C46H95O11PS/c1-37(2)17-11-19-39(5)21-13-23-41(7)25-15-27-43(9)29-31-53-35-46(36-56-58(48,49)55-33-45(47)34-57-59(50,51)52)54-32-30-44(10)28-16-26-42(8)24-14-22-40(6)20-12-18-38(3)4/h37-47H,11-36H2,1-10H3,(H,48,49)(H,50,51,52). The Kier molecular flexibility index (Phi) is 35.2. The van der Waals surface area contributed by atoms with Crippen molar-refractivity contribution >= 4 is 18.2 Å². The predicted molar refractivity (Wildman–Crippen MR) is 243 cm³/mol. The average molecular weight is 887 g/mol. The topological polar surface area (TPSA) is 158 Å². The van der Waals surface area contributed by atoms with Gasteiger partial charge in [0.15, 0.2) is 0 Å². The van der Waals surface area contributed by atoms with Gasteiger partial charge in [-0.2, -0.15) is 8.42 Å². The van der Waals surface area contributed by atoms with Crippen LogP contribution in [-0.2, 0) is 37.7 Å². The minimum atomic E-state index is -4.77. The van der Waals surface area contributed by atoms with Crippen molar-refractivity contribution in [3.8, 4) is 0 Å². The average Bonchev–Trinajstić information content (AvgIpc) is 3.13. The van der Waals surface area contributed by atoms with Gasteiger partial charge in [-0.1, -0.05) is 185 Å². The van der Waals surface area contributed by atoms with Crippen LogP contribution in [0, 0.1) is 47.3 Å². The molecule has 0 aromatic heterocycles. The molecule has 0 saturated heterocycles. The molecule has 9 atom stereocenters. The summed E-state index contributed by atoms with van der Waals surface area (Å²) < 4.78 is 68.9. The third kappa shape index (κ3) is 40.4. The molecule has 0 aliphatic heterocycles. The summed E-state index contributed by atoms with van der Waals surface area (Å²) in [6.07, 6.45) is 22.7. The van der Waals surface area contributed by atoms with Gasteiger partial charge < -0.3 is 19.5 Å². The van der Waals surface area contributed by atoms with Crippen molar-refractivity contribution in [1.82, 2.24) is 0 Å². The zero-order valence-corrected chi connectivity index (χ0v) is 41.3. The molecular formula is C46H95O11PS. The molecule has 0 aliphatic rings. The predicted octanol–water partition coefficient (Wildman–Crippen LogP) is 12.6. The van der Waals surface area contributed by atoms with E-state index in [-0.39, 0.29) is 13.2 Å². The Labute approximate surface area is 364 Å². The van der Waals surface area contributed by atoms with Crippen LogP contribution in [0.4, 0.5) is 0 Å². The highest BCUT2D eigenvalue weighted by Crippen LogP contribution is 2.43. The zero-order chi connectivity index (χ0) is 44.7. The Balaban J connectivity index is 4.69. The Morgan fingerprint density at radius 3 is 1.19 bits per heavy atom. The third-order valence-corrected chi connectivity index (χ3v) is 13.2. The van der Waals surface area contributed by atoms with Crippen LogP contribution in [0.1, 0.15) is 198 Å². The van der Waals surface area contributed by atoms with Gasteiger partial charge in [-0.25, -0.2) is 8.75 Å². The van der Waals surface area contributed by atoms with Gasteiger partial charge in [-0.15, -0.1) is 0 Å². The van der Waals surface area contributed by atoms with E-state index in [1.54, 1.807) is 0 Å². The summed E-state index contributed by atoms with van der Waals surface area (Å²) in [7, 11) is -9.40. The molecule has 0 saturated carbocycles. The van der Waals surface area contributed by atoms with Crippen molar-refractivity contribution in [3.63, 3.8) is 0 Å². The van der Waals surface area contributed by atoms with E-state index in [1.165, 1.54) is 103 Å². The fourth-order valence-corrected chi connectivity index (χ4v) is 8.68. The van der Waals surface area contributed by atoms with Crippen molar-refractivity contribution in [2.75, 3.05) is 39.6 Å². The minimum Gasteiger partial charge on any atom is -0.388 e. The monoisotopic (exact) mass is 887 g/mol. The van der Waals surface area contributed by atoms with E-state index in [9.17, 15) is 23.0 Å². The third-order valence-electron chi connectivity index (χ3n) is 11.8. The number of aliphatic hydroxyl groups excluding tert-OH is 1. The molecule has 0 rings (SSSR count). The zero-order valence-electron chi connectivity index (χ0n) is 39.6. The summed E-state index contributed by atoms with van der Waals surface area (Å²) in [5.74, 6) is 5.71. The van der Waals surface area contributed by atoms with E-state index in [4.69, 9.17) is 23.1 Å². The van der Waals surface area contributed by atoms with E-state index < -0.39 is 43.6 Å². The molecule has 356 valence electrons. The molecular weight excluding hydrogens is 792 g/mol. The van der Waals surface area contributed by atoms with E-state index in [1.807, 2.05) is 0 Å². The van der Waals surface area contributed by atoms with Gasteiger partial charge in [0.1, 0.15) is 12.2 Å². The summed E-state index contributed by atoms with van der Waals surface area (Å²) in [5.41, 5.74) is 0. The molecule has 3 N–H and O–H groups in total. The second-order valence-electron chi connectivity index (χ2n) is 19.6. The first-order valence-corrected chi connectivity index (χ1v) is 26.6. The second-order valence-corrected chi connectivity index (χ2v) is 22.1. The van der Waals surface area contributed by atoms with Crippen LogP contribution in [0.2, 0.25) is 0 Å². The fourth-order valence-electron chi connectivity index (χ4n) is 7.56. The van der Waals surface area contributed by atoms with Crippen molar-refractivity contribution in [3.05, 3.63) is 0 Å². The van der Waals surface area contributed by atoms with Crippen LogP contribution in [0.5, 0.6) is 0 Å². The molecule has 0 radical (unpaired) electrons. The van der Waals surface area contributed by atoms with Crippen molar-refractivity contribution in [1.29, 1.82) is 0 Å². The number of aliphatic hydroxyl groups is 1. The maximum atomic E-state index is 12.6. The molecule has 0 fully saturated rings. The van der Waals surface area contributed by atoms with Crippen LogP contribution in [0.3, 0.4) is 0 Å². The molecule has 0 spiro atoms. The van der Waals surface area contributed by atoms with Gasteiger partial charge in [0.05, 0.1) is 26.4 Å². The first-order valence-electron chi connectivity index (χ1n) is 23.8. The minimum absolute atomic E-state index is 0.187. The molecule has 0 aromatic carbocycles. The molecule has 0 heterocycles. The van der Waals surface area contributed by atoms with Gasteiger partial charge in [-0.3, -0.25) is 13.6 Å². The number of hydrogen-bond donors (Lipinski definition) is 3. The Morgan fingerprint density at radius 1 is 0.475 bits per heavy atom. The molecule has 0 bridgehead atoms. The molecule has 0 aromatic rings. The molecule has 9 unspecified atom stereocenters. The van der Waals surface area contributed by atoms with Crippen molar-refractivity contribution < 1.29 is 50.2 Å². The number of phosphoric ester groups is 1. The first-order chi connectivity index (χ1) is 27.7. The summed E-state index contributed by atoms with van der Waals surface area (Å²) in [5, 5.41) is 9.81. The summed E-state index contributed by atoms with van der Waals surface area (Å²) >= 11 is 0. The molecule has 0 aliphatic carbocycles. The van der Waals surface area contributed by atoms with Crippen LogP contribution >= 0.6 is 7.82 Å². The molecule has 59 heavy (non-hydrogen) atoms. The quantitative estimate of drug-likeness (QED) is 0.0304. The Hall–Kier alpha value is -0.140. The number of ether oxygens (including phenoxy) is 2. The van der Waals surface area contributed by atoms with E-state index in [0.29, 0.717) is 25.0 Å². The van der Waals surface area contributed by atoms with E-state index in [2.05, 4.69) is 73.4 Å². The maximum absolute atomic E-state index is 12.6. The van der Waals surface area contributed by atoms with Gasteiger partial charge in [0.2, 0.25) is 0 Å². The van der Waals surface area contributed by atoms with E-state index in [0.717, 1.165) is 61.2 Å². The second kappa shape index (κ2) is 35.2. The Bertz CT molecular complexity index is 1120. The number of rotatable bonds is 42. The van der Waals surface area contributed by atoms with Crippen LogP contribution in [0.15, 0.2) is 0 Å². The largest absolute Gasteiger partial charge is 0.472 e. The number of phosphoric acid groups is 1. The van der Waals surface area contributed by atoms with Gasteiger partial charge in [0, 0.05) is 13.2 Å². The van der Waals surface area contributed by atoms with Crippen LogP contribution < -0.4 is 0 Å². The smallest absolute Gasteiger partial charge is 0.388 e. The lowest BCUT2D eigenvalue weighted by atomic mass is 9.91. The van der Waals surface area contributed by atoms with Crippen molar-refractivity contribution in [2.45, 2.75) is 210 Å². The molecule has 0 amide bonds. The number of hydrogen-bond acceptors (Lipinski definition) is 9. The SMILES string of the molecule is CC(C)CCCC(C)CCCC(C)CCCC(C)CCOCC(COP(=O)(O)OCC(O)COS(=O)(=O)O)OCCC(C)CCCC(C)CCCC(C)CCCC(C)C. The van der Waals surface area contributed by atoms with Crippen molar-refractivity contribution in [2.24, 2.45) is 47.3 Å². The summed E-state index contributed by atoms with van der Waals surface area (Å²) in [6.45, 7) is 22.6. The van der Waals surface area contributed by atoms with Crippen LogP contribution in [0.25, 0.3) is 0 Å². The normalized spacial score (nSPS) is 17.7. The lowest BCUT2D eigenvalue weighted by molar-refractivity contribution is -0.0491. The lowest BCUT2D eigenvalue weighted by Crippen LogP contribution is -2.27. The highest BCUT2D eigenvalue weighted by atomic mass is 32.3. The van der Waals surface area contributed by atoms with Crippen LogP contribution in [-0.4, -0.2) is 74.8 Å². The first kappa shape index (κ1) is 58.9. The van der Waals surface area contributed by atoms with Gasteiger partial charge in [-0.05, 0) is 60.2 Å². The fraction of sp³-hybridized carbons (Fsp3) is 1.00. The van der Waals surface area contributed by atoms with Gasteiger partial charge >= 0.3 is 18.2 Å². The highest BCUT2D eigenvalue weighted by Gasteiger charge is 2.26. The highest BCUT2D eigenvalue weighted by molar-refractivity contribution is 7.80. The Morgan fingerprint density at radius 2 is 0.814 bits per heavy atom. The van der Waals surface area contributed by atoms with Gasteiger partial charge in [0.25, 0.3) is 0 Å². The summed E-state index contributed by atoms with van der Waals surface area (Å²) in [6, 6.07) is 0. The molecule has 13 heteroatoms. The molecule has 11 nitrogen and oxygen atoms in total. The maximum Gasteiger partial charge on any atom is 0.472 e. The van der Waals surface area contributed by atoms with E-state index >= 15 is 0 Å². The lowest BCUT2D eigenvalue weighted by Gasteiger charge is -2.22. The summed E-state index contributed by atoms with van der Waals surface area (Å²) in [4.78, 5) is 10.2.